The van der Waals surface area contributed by atoms with E-state index in [1.54, 1.807) is 6.92 Å². The summed E-state index contributed by atoms with van der Waals surface area (Å²) in [6.07, 6.45) is -0.821. The van der Waals surface area contributed by atoms with Gasteiger partial charge in [-0.1, -0.05) is 16.8 Å². The summed E-state index contributed by atoms with van der Waals surface area (Å²) in [7, 11) is -3.40. The Bertz CT molecular complexity index is 1110. The van der Waals surface area contributed by atoms with Crippen molar-refractivity contribution in [3.05, 3.63) is 22.7 Å². The number of nitrogens with zero attached hydrogens (tertiary/aromatic N) is 2. The van der Waals surface area contributed by atoms with Crippen LogP contribution in [-0.4, -0.2) is 81.6 Å². The Hall–Kier alpha value is -3.06. The van der Waals surface area contributed by atoms with Crippen molar-refractivity contribution in [2.75, 3.05) is 6.54 Å². The molecular formula is C19H22ClN3O9S. The van der Waals surface area contributed by atoms with Crippen molar-refractivity contribution in [1.82, 2.24) is 10.2 Å². The van der Waals surface area contributed by atoms with E-state index in [1.165, 1.54) is 13.0 Å². The number of halogens is 1. The number of aliphatic carboxylic acids is 1. The van der Waals surface area contributed by atoms with E-state index in [0.29, 0.717) is 0 Å². The van der Waals surface area contributed by atoms with Gasteiger partial charge >= 0.3 is 5.97 Å². The number of likely N-dealkylation sites (tertiary alicyclic amines) is 1. The number of phenolic OH excluding ortho intramolecular Hbond substituents is 2. The molecule has 0 spiro atoms. The number of benzene rings is 1. The number of phenols is 2. The van der Waals surface area contributed by atoms with Crippen LogP contribution in [0.5, 0.6) is 11.5 Å². The summed E-state index contributed by atoms with van der Waals surface area (Å²) >= 11 is 5.86. The van der Waals surface area contributed by atoms with E-state index in [1.807, 2.05) is 0 Å². The van der Waals surface area contributed by atoms with Crippen molar-refractivity contribution in [2.24, 2.45) is 5.16 Å². The molecule has 0 saturated carbocycles. The van der Waals surface area contributed by atoms with E-state index < -0.39 is 62.9 Å². The largest absolute Gasteiger partial charge is 0.504 e. The van der Waals surface area contributed by atoms with Crippen molar-refractivity contribution < 1.29 is 43.0 Å². The number of carbonyl (C=O) groups is 3. The highest BCUT2D eigenvalue weighted by molar-refractivity contribution is 7.75. The lowest BCUT2D eigenvalue weighted by Gasteiger charge is -2.46. The van der Waals surface area contributed by atoms with Gasteiger partial charge in [-0.15, -0.1) is 0 Å². The molecule has 2 aliphatic rings. The Labute approximate surface area is 194 Å². The van der Waals surface area contributed by atoms with Gasteiger partial charge in [-0.2, -0.15) is 0 Å². The molecule has 2 amide bonds. The molecule has 0 radical (unpaired) electrons. The standard InChI is InChI=1S/C19H22ClN3O9S/c1-8-5-13(25)23(8)16(18(28)29)19(2,33(30)31)12-6-9(32-22-12)7-21-17(27)10-3-4-11(24)15(26)14(10)20/h3-4,8-9,16,24,26,33H,5-7H2,1-2H3,(H,21,27)(H,28,29)/t8-,9?,16+,19+/m1/s1. The number of carboxylic acid groups (broad SMARTS) is 1. The number of amides is 2. The molecule has 1 unspecified atom stereocenters. The number of nitrogens with one attached hydrogen (secondary N) is 1. The number of hydrogen-bond acceptors (Lipinski definition) is 9. The average molecular weight is 504 g/mol. The summed E-state index contributed by atoms with van der Waals surface area (Å²) in [6.45, 7) is 2.65. The Morgan fingerprint density at radius 3 is 2.58 bits per heavy atom. The number of carbonyl (C=O) groups excluding carboxylic acids is 2. The van der Waals surface area contributed by atoms with E-state index in [0.717, 1.165) is 11.0 Å². The molecule has 1 aromatic rings. The molecule has 180 valence electrons. The van der Waals surface area contributed by atoms with Crippen LogP contribution < -0.4 is 5.32 Å². The topological polar surface area (TPSA) is 183 Å². The van der Waals surface area contributed by atoms with Crippen LogP contribution in [0.4, 0.5) is 0 Å². The normalized spacial score (nSPS) is 22.7. The third kappa shape index (κ3) is 4.29. The Kier molecular flexibility index (Phi) is 6.75. The van der Waals surface area contributed by atoms with Gasteiger partial charge in [-0.25, -0.2) is 13.2 Å². The lowest BCUT2D eigenvalue weighted by Crippen LogP contribution is -2.68. The Balaban J connectivity index is 1.74. The maximum absolute atomic E-state index is 12.4. The molecule has 1 aromatic carbocycles. The minimum atomic E-state index is -3.40. The van der Waals surface area contributed by atoms with Crippen molar-refractivity contribution in [2.45, 2.75) is 49.6 Å². The lowest BCUT2D eigenvalue weighted by molar-refractivity contribution is -0.161. The molecular weight excluding hydrogens is 482 g/mol. The quantitative estimate of drug-likeness (QED) is 0.186. The fourth-order valence-corrected chi connectivity index (χ4v) is 4.87. The van der Waals surface area contributed by atoms with E-state index in [9.17, 15) is 38.1 Å². The minimum absolute atomic E-state index is 0.0857. The third-order valence-corrected chi connectivity index (χ3v) is 7.45. The molecule has 2 heterocycles. The molecule has 3 rings (SSSR count). The summed E-state index contributed by atoms with van der Waals surface area (Å²) in [5.74, 6) is -3.82. The van der Waals surface area contributed by atoms with Gasteiger partial charge in [-0.3, -0.25) is 9.59 Å². The summed E-state index contributed by atoms with van der Waals surface area (Å²) in [5.41, 5.74) is -0.202. The molecule has 0 aromatic heterocycles. The smallest absolute Gasteiger partial charge is 0.328 e. The number of β-lactam (4-membered cyclic amide) rings is 1. The van der Waals surface area contributed by atoms with E-state index in [4.69, 9.17) is 16.4 Å². The van der Waals surface area contributed by atoms with Gasteiger partial charge in [0, 0.05) is 18.9 Å². The van der Waals surface area contributed by atoms with Crippen LogP contribution in [0.2, 0.25) is 5.02 Å². The van der Waals surface area contributed by atoms with Crippen LogP contribution in [0, 0.1) is 0 Å². The van der Waals surface area contributed by atoms with Crippen LogP contribution in [-0.2, 0) is 25.1 Å². The zero-order valence-corrected chi connectivity index (χ0v) is 19.2. The first-order valence-corrected chi connectivity index (χ1v) is 11.3. The molecule has 2 aliphatic heterocycles. The van der Waals surface area contributed by atoms with Crippen LogP contribution in [0.3, 0.4) is 0 Å². The van der Waals surface area contributed by atoms with Gasteiger partial charge in [0.15, 0.2) is 28.2 Å². The number of carboxylic acids is 1. The van der Waals surface area contributed by atoms with Gasteiger partial charge in [0.2, 0.25) is 5.91 Å². The van der Waals surface area contributed by atoms with Crippen molar-refractivity contribution in [1.29, 1.82) is 0 Å². The average Bonchev–Trinajstić information content (AvgIpc) is 3.23. The molecule has 1 fully saturated rings. The number of hydrogen-bond donors (Lipinski definition) is 5. The molecule has 14 heteroatoms. The van der Waals surface area contributed by atoms with Crippen LogP contribution in [0.15, 0.2) is 17.3 Å². The first-order valence-electron chi connectivity index (χ1n) is 9.79. The number of thiol groups is 1. The molecule has 4 N–H and O–H groups in total. The second kappa shape index (κ2) is 9.06. The third-order valence-electron chi connectivity index (χ3n) is 5.80. The molecule has 1 saturated heterocycles. The number of oxime groups is 1. The highest BCUT2D eigenvalue weighted by Gasteiger charge is 2.56. The van der Waals surface area contributed by atoms with Crippen molar-refractivity contribution in [3.8, 4) is 11.5 Å². The van der Waals surface area contributed by atoms with Crippen LogP contribution in [0.25, 0.3) is 0 Å². The SMILES string of the molecule is C[C@@H]1CC(=O)N1[C@@H](C(=O)O)[C@](C)(C1=NOC(CNC(=O)c2ccc(O)c(O)c2Cl)C1)[SH](=O)=O. The summed E-state index contributed by atoms with van der Waals surface area (Å²) in [5, 5.41) is 34.8. The van der Waals surface area contributed by atoms with Crippen molar-refractivity contribution >= 4 is 45.8 Å². The number of aromatic hydroxyl groups is 2. The predicted molar refractivity (Wildman–Crippen MR) is 115 cm³/mol. The molecule has 0 bridgehead atoms. The van der Waals surface area contributed by atoms with Crippen LogP contribution in [0.1, 0.15) is 37.0 Å². The zero-order valence-electron chi connectivity index (χ0n) is 17.5. The van der Waals surface area contributed by atoms with Gasteiger partial charge < -0.3 is 30.4 Å². The molecule has 33 heavy (non-hydrogen) atoms. The fourth-order valence-electron chi connectivity index (χ4n) is 3.85. The molecule has 12 nitrogen and oxygen atoms in total. The van der Waals surface area contributed by atoms with Crippen molar-refractivity contribution in [3.63, 3.8) is 0 Å². The molecule has 4 atom stereocenters. The maximum atomic E-state index is 12.4. The summed E-state index contributed by atoms with van der Waals surface area (Å²) < 4.78 is 22.4. The van der Waals surface area contributed by atoms with Gasteiger partial charge in [0.05, 0.1) is 22.8 Å². The van der Waals surface area contributed by atoms with E-state index in [2.05, 4.69) is 10.5 Å². The first-order chi connectivity index (χ1) is 15.4. The first kappa shape index (κ1) is 24.6. The second-order valence-corrected chi connectivity index (χ2v) is 9.80. The van der Waals surface area contributed by atoms with Crippen LogP contribution >= 0.6 is 11.6 Å². The molecule has 0 aliphatic carbocycles. The highest BCUT2D eigenvalue weighted by atomic mass is 35.5. The summed E-state index contributed by atoms with van der Waals surface area (Å²) in [4.78, 5) is 42.6. The second-order valence-electron chi connectivity index (χ2n) is 7.97. The highest BCUT2D eigenvalue weighted by Crippen LogP contribution is 2.36. The monoisotopic (exact) mass is 503 g/mol. The van der Waals surface area contributed by atoms with Gasteiger partial charge in [0.25, 0.3) is 5.91 Å². The lowest BCUT2D eigenvalue weighted by atomic mass is 9.87. The van der Waals surface area contributed by atoms with Gasteiger partial charge in [-0.05, 0) is 26.0 Å². The minimum Gasteiger partial charge on any atom is -0.504 e. The Morgan fingerprint density at radius 2 is 2.03 bits per heavy atom. The number of rotatable bonds is 8. The van der Waals surface area contributed by atoms with E-state index in [-0.39, 0.29) is 35.7 Å². The fraction of sp³-hybridized carbons (Fsp3) is 0.474. The van der Waals surface area contributed by atoms with E-state index >= 15 is 0 Å². The predicted octanol–water partition coefficient (Wildman–Crippen LogP) is 0.0700. The maximum Gasteiger partial charge on any atom is 0.328 e. The Morgan fingerprint density at radius 1 is 1.36 bits per heavy atom. The van der Waals surface area contributed by atoms with Gasteiger partial charge in [0.1, 0.15) is 10.9 Å². The zero-order chi connectivity index (χ0) is 24.7. The summed E-state index contributed by atoms with van der Waals surface area (Å²) in [6, 6.07) is 0.150.